The first kappa shape index (κ1) is 20.5. The number of methoxy groups -OCH3 is 2. The number of ether oxygens (including phenoxy) is 2. The molecular weight excluding hydrogens is 370 g/mol. The first-order valence-electron chi connectivity index (χ1n) is 8.41. The second-order valence-electron chi connectivity index (χ2n) is 5.73. The third-order valence-corrected chi connectivity index (χ3v) is 5.35. The molecule has 0 heterocycles. The molecule has 0 fully saturated rings. The number of carbonyl (C=O) groups is 1. The topological polar surface area (TPSA) is 47.6 Å². The summed E-state index contributed by atoms with van der Waals surface area (Å²) in [6.07, 6.45) is 0.788. The number of amides is 1. The molecule has 6 heteroatoms. The van der Waals surface area contributed by atoms with Gasteiger partial charge < -0.3 is 14.8 Å². The second-order valence-corrected chi connectivity index (χ2v) is 7.12. The lowest BCUT2D eigenvalue weighted by atomic mass is 10.0. The molecule has 1 atom stereocenters. The lowest BCUT2D eigenvalue weighted by Gasteiger charge is -2.19. The van der Waals surface area contributed by atoms with Crippen LogP contribution in [-0.4, -0.2) is 25.9 Å². The highest BCUT2D eigenvalue weighted by Crippen LogP contribution is 2.31. The molecular formula is C20H24ClNO3S. The Bertz CT molecular complexity index is 739. The van der Waals surface area contributed by atoms with Gasteiger partial charge in [-0.05, 0) is 35.7 Å². The number of hydrogen-bond donors (Lipinski definition) is 1. The van der Waals surface area contributed by atoms with Gasteiger partial charge in [0.25, 0.3) is 0 Å². The minimum Gasteiger partial charge on any atom is -0.493 e. The zero-order valence-corrected chi connectivity index (χ0v) is 16.8. The fraction of sp³-hybridized carbons (Fsp3) is 0.350. The Morgan fingerprint density at radius 3 is 2.54 bits per heavy atom. The molecule has 1 amide bonds. The van der Waals surface area contributed by atoms with Crippen molar-refractivity contribution in [3.8, 4) is 11.5 Å². The van der Waals surface area contributed by atoms with Crippen LogP contribution in [0.3, 0.4) is 0 Å². The van der Waals surface area contributed by atoms with Crippen LogP contribution in [0.1, 0.15) is 30.5 Å². The molecule has 0 saturated heterocycles. The Balaban J connectivity index is 1.92. The van der Waals surface area contributed by atoms with Gasteiger partial charge in [-0.25, -0.2) is 0 Å². The summed E-state index contributed by atoms with van der Waals surface area (Å²) in [6, 6.07) is 13.3. The third kappa shape index (κ3) is 5.58. The van der Waals surface area contributed by atoms with Crippen LogP contribution in [0.25, 0.3) is 0 Å². The number of nitrogens with one attached hydrogen (secondary N) is 1. The fourth-order valence-corrected chi connectivity index (χ4v) is 3.72. The Hall–Kier alpha value is -1.85. The first-order chi connectivity index (χ1) is 12.6. The van der Waals surface area contributed by atoms with Gasteiger partial charge in [0, 0.05) is 10.8 Å². The summed E-state index contributed by atoms with van der Waals surface area (Å²) in [5.74, 6) is 2.43. The molecule has 4 nitrogen and oxygen atoms in total. The molecule has 2 aromatic rings. The van der Waals surface area contributed by atoms with Gasteiger partial charge in [-0.1, -0.05) is 42.8 Å². The fourth-order valence-electron chi connectivity index (χ4n) is 2.60. The monoisotopic (exact) mass is 393 g/mol. The summed E-state index contributed by atoms with van der Waals surface area (Å²) >= 11 is 7.69. The molecule has 140 valence electrons. The molecule has 1 unspecified atom stereocenters. The Morgan fingerprint density at radius 2 is 1.88 bits per heavy atom. The zero-order chi connectivity index (χ0) is 18.9. The van der Waals surface area contributed by atoms with Gasteiger partial charge in [0.1, 0.15) is 0 Å². The summed E-state index contributed by atoms with van der Waals surface area (Å²) in [6.45, 7) is 2.04. The van der Waals surface area contributed by atoms with Gasteiger partial charge >= 0.3 is 0 Å². The van der Waals surface area contributed by atoms with Crippen LogP contribution >= 0.6 is 23.4 Å². The highest BCUT2D eigenvalue weighted by molar-refractivity contribution is 7.99. The predicted octanol–water partition coefficient (Wildman–Crippen LogP) is 4.86. The minimum absolute atomic E-state index is 0.00342. The van der Waals surface area contributed by atoms with Crippen molar-refractivity contribution in [2.45, 2.75) is 25.1 Å². The van der Waals surface area contributed by atoms with Crippen molar-refractivity contribution in [2.24, 2.45) is 0 Å². The zero-order valence-electron chi connectivity index (χ0n) is 15.3. The van der Waals surface area contributed by atoms with Gasteiger partial charge in [0.2, 0.25) is 5.91 Å². The van der Waals surface area contributed by atoms with E-state index in [4.69, 9.17) is 21.1 Å². The molecule has 2 aromatic carbocycles. The highest BCUT2D eigenvalue weighted by Gasteiger charge is 2.15. The number of carbonyl (C=O) groups excluding carboxylic acids is 1. The van der Waals surface area contributed by atoms with E-state index in [1.54, 1.807) is 26.0 Å². The smallest absolute Gasteiger partial charge is 0.230 e. The van der Waals surface area contributed by atoms with Crippen molar-refractivity contribution < 1.29 is 14.3 Å². The van der Waals surface area contributed by atoms with Crippen LogP contribution in [0.15, 0.2) is 42.5 Å². The molecule has 0 bridgehead atoms. The van der Waals surface area contributed by atoms with Crippen molar-refractivity contribution in [1.29, 1.82) is 0 Å². The standard InChI is InChI=1S/C20H24ClNO3S/c1-4-17(14-9-10-18(24-2)19(11-14)25-3)22-20(23)13-26-12-15-7-5-6-8-16(15)21/h5-11,17H,4,12-13H2,1-3H3,(H,22,23). The van der Waals surface area contributed by atoms with Crippen molar-refractivity contribution in [1.82, 2.24) is 5.32 Å². The third-order valence-electron chi connectivity index (χ3n) is 4.00. The number of benzene rings is 2. The van der Waals surface area contributed by atoms with Crippen molar-refractivity contribution in [3.63, 3.8) is 0 Å². The van der Waals surface area contributed by atoms with Crippen LogP contribution in [-0.2, 0) is 10.5 Å². The SMILES string of the molecule is CCC(NC(=O)CSCc1ccccc1Cl)c1ccc(OC)c(OC)c1. The maximum absolute atomic E-state index is 12.3. The summed E-state index contributed by atoms with van der Waals surface area (Å²) in [5, 5.41) is 3.82. The van der Waals surface area contributed by atoms with Crippen LogP contribution in [0.4, 0.5) is 0 Å². The molecule has 2 rings (SSSR count). The summed E-state index contributed by atoms with van der Waals surface area (Å²) < 4.78 is 10.6. The van der Waals surface area contributed by atoms with Crippen LogP contribution in [0, 0.1) is 0 Å². The number of halogens is 1. The predicted molar refractivity (Wildman–Crippen MR) is 108 cm³/mol. The van der Waals surface area contributed by atoms with Crippen LogP contribution < -0.4 is 14.8 Å². The lowest BCUT2D eigenvalue weighted by Crippen LogP contribution is -2.29. The number of thioether (sulfide) groups is 1. The second kappa shape index (κ2) is 10.3. The van der Waals surface area contributed by atoms with E-state index in [9.17, 15) is 4.79 Å². The molecule has 0 aliphatic heterocycles. The molecule has 0 saturated carbocycles. The highest BCUT2D eigenvalue weighted by atomic mass is 35.5. The van der Waals surface area contributed by atoms with E-state index in [0.717, 1.165) is 22.6 Å². The molecule has 0 aromatic heterocycles. The van der Waals surface area contributed by atoms with Gasteiger partial charge in [0.15, 0.2) is 11.5 Å². The Morgan fingerprint density at radius 1 is 1.15 bits per heavy atom. The largest absolute Gasteiger partial charge is 0.493 e. The molecule has 26 heavy (non-hydrogen) atoms. The van der Waals surface area contributed by atoms with Crippen LogP contribution in [0.5, 0.6) is 11.5 Å². The summed E-state index contributed by atoms with van der Waals surface area (Å²) in [4.78, 5) is 12.3. The van der Waals surface area contributed by atoms with E-state index in [1.807, 2.05) is 49.4 Å². The van der Waals surface area contributed by atoms with E-state index < -0.39 is 0 Å². The Kier molecular flexibility index (Phi) is 8.13. The number of rotatable bonds is 9. The first-order valence-corrected chi connectivity index (χ1v) is 9.94. The maximum Gasteiger partial charge on any atom is 0.230 e. The van der Waals surface area contributed by atoms with E-state index in [0.29, 0.717) is 23.0 Å². The summed E-state index contributed by atoms with van der Waals surface area (Å²) in [7, 11) is 3.21. The van der Waals surface area contributed by atoms with Crippen molar-refractivity contribution in [3.05, 3.63) is 58.6 Å². The van der Waals surface area contributed by atoms with Crippen molar-refractivity contribution >= 4 is 29.3 Å². The lowest BCUT2D eigenvalue weighted by molar-refractivity contribution is -0.119. The van der Waals surface area contributed by atoms with E-state index in [-0.39, 0.29) is 11.9 Å². The average Bonchev–Trinajstić information content (AvgIpc) is 2.67. The maximum atomic E-state index is 12.3. The van der Waals surface area contributed by atoms with E-state index in [2.05, 4.69) is 5.32 Å². The quantitative estimate of drug-likeness (QED) is 0.661. The average molecular weight is 394 g/mol. The van der Waals surface area contributed by atoms with Crippen LogP contribution in [0.2, 0.25) is 5.02 Å². The molecule has 1 N–H and O–H groups in total. The van der Waals surface area contributed by atoms with E-state index >= 15 is 0 Å². The van der Waals surface area contributed by atoms with Gasteiger partial charge in [-0.15, -0.1) is 11.8 Å². The minimum atomic E-state index is -0.0665. The van der Waals surface area contributed by atoms with Gasteiger partial charge in [-0.2, -0.15) is 0 Å². The number of hydrogen-bond acceptors (Lipinski definition) is 4. The molecule has 0 aliphatic rings. The molecule has 0 aliphatic carbocycles. The molecule has 0 radical (unpaired) electrons. The Labute approximate surface area is 164 Å². The van der Waals surface area contributed by atoms with E-state index in [1.165, 1.54) is 0 Å². The van der Waals surface area contributed by atoms with Crippen molar-refractivity contribution in [2.75, 3.05) is 20.0 Å². The summed E-state index contributed by atoms with van der Waals surface area (Å²) in [5.41, 5.74) is 2.04. The van der Waals surface area contributed by atoms with Gasteiger partial charge in [0.05, 0.1) is 26.0 Å². The van der Waals surface area contributed by atoms with Gasteiger partial charge in [-0.3, -0.25) is 4.79 Å². The molecule has 0 spiro atoms. The normalized spacial score (nSPS) is 11.7.